The van der Waals surface area contributed by atoms with E-state index in [1.165, 1.54) is 11.1 Å². The van der Waals surface area contributed by atoms with Gasteiger partial charge in [0.1, 0.15) is 5.75 Å². The fourth-order valence-electron chi connectivity index (χ4n) is 4.11. The molecule has 5 rings (SSSR count). The number of nitrogens with zero attached hydrogens (tertiary/aromatic N) is 6. The van der Waals surface area contributed by atoms with E-state index in [4.69, 9.17) is 9.84 Å². The molecule has 7 heteroatoms. The smallest absolute Gasteiger partial charge is 0.225 e. The fraction of sp³-hybridized carbons (Fsp3) is 0.231. The maximum Gasteiger partial charge on any atom is 0.225 e. The standard InChI is InChI=1S/C26H26N6O/c1-33-23-10-8-20(9-11-23)18-22-19-24(21-6-3-2-4-7-21)29-30-25(22)31-14-16-32(17-15-31)26-27-12-5-13-28-26/h2-13,19H,14-18H2,1H3. The Morgan fingerprint density at radius 1 is 0.788 bits per heavy atom. The van der Waals surface area contributed by atoms with Crippen LogP contribution in [0.4, 0.5) is 11.8 Å². The molecule has 0 atom stereocenters. The Labute approximate surface area is 193 Å². The highest BCUT2D eigenvalue weighted by Gasteiger charge is 2.23. The van der Waals surface area contributed by atoms with E-state index in [1.807, 2.05) is 36.4 Å². The molecule has 0 unspecified atom stereocenters. The molecule has 2 aromatic heterocycles. The first kappa shape index (κ1) is 20.9. The zero-order chi connectivity index (χ0) is 22.5. The molecule has 1 aliphatic rings. The van der Waals surface area contributed by atoms with Gasteiger partial charge in [0.2, 0.25) is 5.95 Å². The number of rotatable bonds is 6. The van der Waals surface area contributed by atoms with Gasteiger partial charge in [0.15, 0.2) is 5.82 Å². The highest BCUT2D eigenvalue weighted by atomic mass is 16.5. The number of ether oxygens (including phenoxy) is 1. The fourth-order valence-corrected chi connectivity index (χ4v) is 4.11. The lowest BCUT2D eigenvalue weighted by Crippen LogP contribution is -2.47. The van der Waals surface area contributed by atoms with Crippen molar-refractivity contribution in [1.29, 1.82) is 0 Å². The maximum atomic E-state index is 5.32. The third kappa shape index (κ3) is 4.77. The van der Waals surface area contributed by atoms with Gasteiger partial charge < -0.3 is 14.5 Å². The van der Waals surface area contributed by atoms with Gasteiger partial charge in [-0.25, -0.2) is 9.97 Å². The second-order valence-electron chi connectivity index (χ2n) is 7.99. The minimum atomic E-state index is 0.774. The average molecular weight is 439 g/mol. The normalized spacial score (nSPS) is 13.7. The van der Waals surface area contributed by atoms with Gasteiger partial charge >= 0.3 is 0 Å². The lowest BCUT2D eigenvalue weighted by atomic mass is 10.0. The predicted octanol–water partition coefficient (Wildman–Crippen LogP) is 3.86. The zero-order valence-corrected chi connectivity index (χ0v) is 18.6. The van der Waals surface area contributed by atoms with Gasteiger partial charge in [-0.2, -0.15) is 0 Å². The molecule has 3 heterocycles. The molecule has 33 heavy (non-hydrogen) atoms. The predicted molar refractivity (Wildman–Crippen MR) is 130 cm³/mol. The van der Waals surface area contributed by atoms with Gasteiger partial charge in [-0.15, -0.1) is 10.2 Å². The summed E-state index contributed by atoms with van der Waals surface area (Å²) >= 11 is 0. The zero-order valence-electron chi connectivity index (χ0n) is 18.6. The number of hydrogen-bond acceptors (Lipinski definition) is 7. The van der Waals surface area contributed by atoms with E-state index in [1.54, 1.807) is 19.5 Å². The van der Waals surface area contributed by atoms with Crippen LogP contribution in [-0.4, -0.2) is 53.5 Å². The van der Waals surface area contributed by atoms with E-state index in [9.17, 15) is 0 Å². The Bertz CT molecular complexity index is 1180. The summed E-state index contributed by atoms with van der Waals surface area (Å²) in [5.41, 5.74) is 4.33. The topological polar surface area (TPSA) is 67.3 Å². The van der Waals surface area contributed by atoms with E-state index in [2.05, 4.69) is 55.2 Å². The van der Waals surface area contributed by atoms with Crippen molar-refractivity contribution in [3.05, 3.63) is 90.3 Å². The summed E-state index contributed by atoms with van der Waals surface area (Å²) in [6.07, 6.45) is 4.35. The van der Waals surface area contributed by atoms with Crippen molar-refractivity contribution < 1.29 is 4.74 Å². The number of aromatic nitrogens is 4. The molecule has 0 radical (unpaired) electrons. The Morgan fingerprint density at radius 3 is 2.18 bits per heavy atom. The molecule has 0 saturated carbocycles. The minimum absolute atomic E-state index is 0.774. The largest absolute Gasteiger partial charge is 0.497 e. The number of piperazine rings is 1. The van der Waals surface area contributed by atoms with Crippen LogP contribution in [0, 0.1) is 0 Å². The Kier molecular flexibility index (Phi) is 6.10. The first-order valence-corrected chi connectivity index (χ1v) is 11.1. The van der Waals surface area contributed by atoms with Crippen molar-refractivity contribution >= 4 is 11.8 Å². The van der Waals surface area contributed by atoms with Gasteiger partial charge in [0, 0.05) is 56.1 Å². The Hall–Kier alpha value is -4.00. The Morgan fingerprint density at radius 2 is 1.48 bits per heavy atom. The van der Waals surface area contributed by atoms with Gasteiger partial charge in [-0.1, -0.05) is 42.5 Å². The molecule has 1 saturated heterocycles. The Balaban J connectivity index is 1.42. The molecule has 0 amide bonds. The average Bonchev–Trinajstić information content (AvgIpc) is 2.90. The second kappa shape index (κ2) is 9.65. The molecule has 0 spiro atoms. The summed E-state index contributed by atoms with van der Waals surface area (Å²) in [6.45, 7) is 3.36. The van der Waals surface area contributed by atoms with Crippen molar-refractivity contribution in [2.75, 3.05) is 43.1 Å². The van der Waals surface area contributed by atoms with Crippen LogP contribution in [0.1, 0.15) is 11.1 Å². The maximum absolute atomic E-state index is 5.32. The van der Waals surface area contributed by atoms with Crippen LogP contribution >= 0.6 is 0 Å². The van der Waals surface area contributed by atoms with Crippen molar-refractivity contribution in [3.63, 3.8) is 0 Å². The van der Waals surface area contributed by atoms with E-state index in [0.29, 0.717) is 0 Å². The van der Waals surface area contributed by atoms with Crippen molar-refractivity contribution in [1.82, 2.24) is 20.2 Å². The highest BCUT2D eigenvalue weighted by molar-refractivity contribution is 5.63. The van der Waals surface area contributed by atoms with E-state index in [0.717, 1.165) is 61.4 Å². The third-order valence-corrected chi connectivity index (χ3v) is 5.89. The number of benzene rings is 2. The molecule has 1 fully saturated rings. The number of anilines is 2. The van der Waals surface area contributed by atoms with Gasteiger partial charge in [-0.05, 0) is 29.8 Å². The molecular weight excluding hydrogens is 412 g/mol. The quantitative estimate of drug-likeness (QED) is 0.453. The summed E-state index contributed by atoms with van der Waals surface area (Å²) in [7, 11) is 1.69. The first-order valence-electron chi connectivity index (χ1n) is 11.1. The number of hydrogen-bond donors (Lipinski definition) is 0. The summed E-state index contributed by atoms with van der Waals surface area (Å²) in [6, 6.07) is 22.4. The van der Waals surface area contributed by atoms with Crippen LogP contribution in [-0.2, 0) is 6.42 Å². The highest BCUT2D eigenvalue weighted by Crippen LogP contribution is 2.27. The summed E-state index contributed by atoms with van der Waals surface area (Å²) in [5.74, 6) is 2.58. The summed E-state index contributed by atoms with van der Waals surface area (Å²) in [4.78, 5) is 13.3. The van der Waals surface area contributed by atoms with Crippen LogP contribution in [0.5, 0.6) is 5.75 Å². The van der Waals surface area contributed by atoms with E-state index in [-0.39, 0.29) is 0 Å². The van der Waals surface area contributed by atoms with Crippen molar-refractivity contribution in [3.8, 4) is 17.0 Å². The second-order valence-corrected chi connectivity index (χ2v) is 7.99. The van der Waals surface area contributed by atoms with E-state index < -0.39 is 0 Å². The van der Waals surface area contributed by atoms with Crippen molar-refractivity contribution in [2.45, 2.75) is 6.42 Å². The number of methoxy groups -OCH3 is 1. The van der Waals surface area contributed by atoms with Crippen molar-refractivity contribution in [2.24, 2.45) is 0 Å². The summed E-state index contributed by atoms with van der Waals surface area (Å²) < 4.78 is 5.32. The van der Waals surface area contributed by atoms with Gasteiger partial charge in [0.25, 0.3) is 0 Å². The lowest BCUT2D eigenvalue weighted by molar-refractivity contribution is 0.414. The lowest BCUT2D eigenvalue weighted by Gasteiger charge is -2.36. The molecule has 0 N–H and O–H groups in total. The first-order chi connectivity index (χ1) is 16.3. The van der Waals surface area contributed by atoms with Crippen LogP contribution in [0.3, 0.4) is 0 Å². The molecule has 2 aromatic carbocycles. The van der Waals surface area contributed by atoms with Crippen LogP contribution < -0.4 is 14.5 Å². The molecule has 166 valence electrons. The minimum Gasteiger partial charge on any atom is -0.497 e. The van der Waals surface area contributed by atoms with Crippen LogP contribution in [0.25, 0.3) is 11.3 Å². The molecule has 0 aliphatic carbocycles. The molecule has 7 nitrogen and oxygen atoms in total. The molecule has 4 aromatic rings. The third-order valence-electron chi connectivity index (χ3n) is 5.89. The van der Waals surface area contributed by atoms with Gasteiger partial charge in [-0.3, -0.25) is 0 Å². The molecule has 1 aliphatic heterocycles. The molecule has 0 bridgehead atoms. The van der Waals surface area contributed by atoms with Gasteiger partial charge in [0.05, 0.1) is 12.8 Å². The summed E-state index contributed by atoms with van der Waals surface area (Å²) in [5, 5.41) is 9.29. The van der Waals surface area contributed by atoms with Crippen LogP contribution in [0.2, 0.25) is 0 Å². The van der Waals surface area contributed by atoms with E-state index >= 15 is 0 Å². The van der Waals surface area contributed by atoms with Crippen LogP contribution in [0.15, 0.2) is 79.1 Å². The monoisotopic (exact) mass is 438 g/mol. The SMILES string of the molecule is COc1ccc(Cc2cc(-c3ccccc3)nnc2N2CCN(c3ncccn3)CC2)cc1. The molecular formula is C26H26N6O.